The van der Waals surface area contributed by atoms with Gasteiger partial charge in [0, 0.05) is 26.1 Å². The van der Waals surface area contributed by atoms with Crippen molar-refractivity contribution in [3.8, 4) is 0 Å². The van der Waals surface area contributed by atoms with E-state index in [2.05, 4.69) is 31.3 Å². The predicted molar refractivity (Wildman–Crippen MR) is 84.3 cm³/mol. The Balaban J connectivity index is 2.20. The maximum absolute atomic E-state index is 11.4. The van der Waals surface area contributed by atoms with Crippen molar-refractivity contribution >= 4 is 0 Å². The van der Waals surface area contributed by atoms with E-state index in [1.807, 2.05) is 19.1 Å². The second-order valence-corrected chi connectivity index (χ2v) is 6.38. The molecule has 0 bridgehead atoms. The Morgan fingerprint density at radius 3 is 2.81 bits per heavy atom. The summed E-state index contributed by atoms with van der Waals surface area (Å²) in [6.07, 6.45) is 9.40. The topological polar surface area (TPSA) is 50.7 Å². The van der Waals surface area contributed by atoms with Crippen LogP contribution in [0.4, 0.5) is 0 Å². The molecule has 2 N–H and O–H groups in total. The number of rotatable bonds is 6. The van der Waals surface area contributed by atoms with E-state index >= 15 is 0 Å². The van der Waals surface area contributed by atoms with Gasteiger partial charge in [0.25, 0.3) is 0 Å². The number of nitrogens with one attached hydrogen (secondary N) is 1. The standard InChI is InChI=1S/C17H29NO3/c1-4-21-16(8-6-5-7-9-16)13-17(19,14(2)3)15-12-18-10-11-20-15/h5-8,14-15,18-19H,4,9-13H2,1-3H3. The van der Waals surface area contributed by atoms with Gasteiger partial charge in [-0.15, -0.1) is 0 Å². The molecule has 0 aromatic carbocycles. The summed E-state index contributed by atoms with van der Waals surface area (Å²) in [6, 6.07) is 0. The molecule has 0 saturated carbocycles. The first-order valence-electron chi connectivity index (χ1n) is 8.05. The van der Waals surface area contributed by atoms with Crippen molar-refractivity contribution in [2.75, 3.05) is 26.3 Å². The van der Waals surface area contributed by atoms with Crippen molar-refractivity contribution in [3.05, 3.63) is 24.3 Å². The minimum absolute atomic E-state index is 0.0963. The second-order valence-electron chi connectivity index (χ2n) is 6.38. The van der Waals surface area contributed by atoms with Crippen LogP contribution in [0.3, 0.4) is 0 Å². The van der Waals surface area contributed by atoms with Crippen LogP contribution in [0.1, 0.15) is 33.6 Å². The van der Waals surface area contributed by atoms with E-state index in [9.17, 15) is 5.11 Å². The molecule has 4 heteroatoms. The Kier molecular flexibility index (Phi) is 5.60. The lowest BCUT2D eigenvalue weighted by Gasteiger charge is -2.46. The zero-order valence-electron chi connectivity index (χ0n) is 13.5. The molecule has 1 heterocycles. The molecule has 0 amide bonds. The number of ether oxygens (including phenoxy) is 2. The van der Waals surface area contributed by atoms with E-state index < -0.39 is 11.2 Å². The Labute approximate surface area is 128 Å². The second kappa shape index (κ2) is 7.05. The number of hydrogen-bond donors (Lipinski definition) is 2. The third-order valence-electron chi connectivity index (χ3n) is 4.61. The average Bonchev–Trinajstić information content (AvgIpc) is 2.49. The normalized spacial score (nSPS) is 32.3. The van der Waals surface area contributed by atoms with Gasteiger partial charge in [-0.2, -0.15) is 0 Å². The van der Waals surface area contributed by atoms with Gasteiger partial charge in [0.05, 0.1) is 23.9 Å². The quantitative estimate of drug-likeness (QED) is 0.787. The van der Waals surface area contributed by atoms with Crippen LogP contribution in [0.15, 0.2) is 24.3 Å². The summed E-state index contributed by atoms with van der Waals surface area (Å²) in [4.78, 5) is 0. The van der Waals surface area contributed by atoms with Gasteiger partial charge in [0.15, 0.2) is 0 Å². The molecule has 0 spiro atoms. The Morgan fingerprint density at radius 2 is 2.29 bits per heavy atom. The lowest BCUT2D eigenvalue weighted by molar-refractivity contribution is -0.174. The molecular weight excluding hydrogens is 266 g/mol. The lowest BCUT2D eigenvalue weighted by Crippen LogP contribution is -2.59. The van der Waals surface area contributed by atoms with Gasteiger partial charge >= 0.3 is 0 Å². The zero-order valence-corrected chi connectivity index (χ0v) is 13.5. The highest BCUT2D eigenvalue weighted by atomic mass is 16.5. The third-order valence-corrected chi connectivity index (χ3v) is 4.61. The van der Waals surface area contributed by atoms with Gasteiger partial charge in [0.1, 0.15) is 0 Å². The molecule has 2 aliphatic rings. The van der Waals surface area contributed by atoms with Crippen LogP contribution < -0.4 is 5.32 Å². The van der Waals surface area contributed by atoms with Gasteiger partial charge in [-0.25, -0.2) is 0 Å². The van der Waals surface area contributed by atoms with E-state index in [-0.39, 0.29) is 12.0 Å². The van der Waals surface area contributed by atoms with Crippen LogP contribution in [0.25, 0.3) is 0 Å². The first-order valence-corrected chi connectivity index (χ1v) is 8.05. The molecule has 1 saturated heterocycles. The Bertz CT molecular complexity index is 387. The van der Waals surface area contributed by atoms with Crippen molar-refractivity contribution in [3.63, 3.8) is 0 Å². The summed E-state index contributed by atoms with van der Waals surface area (Å²) >= 11 is 0. The lowest BCUT2D eigenvalue weighted by atomic mass is 9.73. The summed E-state index contributed by atoms with van der Waals surface area (Å²) in [5.74, 6) is 0.0963. The molecule has 3 atom stereocenters. The molecule has 1 fully saturated rings. The predicted octanol–water partition coefficient (Wildman–Crippen LogP) is 2.04. The summed E-state index contributed by atoms with van der Waals surface area (Å²) in [6.45, 7) is 8.94. The van der Waals surface area contributed by atoms with Crippen LogP contribution in [0, 0.1) is 5.92 Å². The fourth-order valence-electron chi connectivity index (χ4n) is 3.28. The van der Waals surface area contributed by atoms with Crippen LogP contribution in [0.5, 0.6) is 0 Å². The molecule has 1 aliphatic carbocycles. The molecule has 21 heavy (non-hydrogen) atoms. The van der Waals surface area contributed by atoms with E-state index in [4.69, 9.17) is 9.47 Å². The summed E-state index contributed by atoms with van der Waals surface area (Å²) in [7, 11) is 0. The number of hydrogen-bond acceptors (Lipinski definition) is 4. The van der Waals surface area contributed by atoms with E-state index in [0.717, 1.165) is 13.0 Å². The van der Waals surface area contributed by atoms with Crippen molar-refractivity contribution in [1.29, 1.82) is 0 Å². The van der Waals surface area contributed by atoms with Crippen molar-refractivity contribution in [2.24, 2.45) is 5.92 Å². The Morgan fingerprint density at radius 1 is 1.48 bits per heavy atom. The van der Waals surface area contributed by atoms with Gasteiger partial charge < -0.3 is 19.9 Å². The number of allylic oxidation sites excluding steroid dienone is 2. The average molecular weight is 295 g/mol. The first kappa shape index (κ1) is 16.7. The molecule has 3 unspecified atom stereocenters. The fourth-order valence-corrected chi connectivity index (χ4v) is 3.28. The summed E-state index contributed by atoms with van der Waals surface area (Å²) in [5, 5.41) is 14.7. The first-order chi connectivity index (χ1) is 10.0. The zero-order chi connectivity index (χ0) is 15.3. The monoisotopic (exact) mass is 295 g/mol. The van der Waals surface area contributed by atoms with Crippen LogP contribution in [0.2, 0.25) is 0 Å². The molecule has 0 aromatic rings. The third kappa shape index (κ3) is 3.75. The maximum atomic E-state index is 11.4. The van der Waals surface area contributed by atoms with Crippen molar-refractivity contribution in [1.82, 2.24) is 5.32 Å². The molecule has 0 aromatic heterocycles. The molecule has 0 radical (unpaired) electrons. The van der Waals surface area contributed by atoms with E-state index in [1.54, 1.807) is 0 Å². The Hall–Kier alpha value is -0.680. The smallest absolute Gasteiger partial charge is 0.0990 e. The molecule has 120 valence electrons. The molecular formula is C17H29NO3. The number of morpholine rings is 1. The van der Waals surface area contributed by atoms with E-state index in [0.29, 0.717) is 26.2 Å². The number of aliphatic hydroxyl groups is 1. The van der Waals surface area contributed by atoms with Gasteiger partial charge in [0.2, 0.25) is 0 Å². The summed E-state index contributed by atoms with van der Waals surface area (Å²) in [5.41, 5.74) is -1.33. The minimum atomic E-state index is -0.905. The largest absolute Gasteiger partial charge is 0.387 e. The van der Waals surface area contributed by atoms with Crippen LogP contribution >= 0.6 is 0 Å². The van der Waals surface area contributed by atoms with Gasteiger partial charge in [-0.05, 0) is 19.3 Å². The highest BCUT2D eigenvalue weighted by molar-refractivity contribution is 5.20. The van der Waals surface area contributed by atoms with Crippen LogP contribution in [-0.2, 0) is 9.47 Å². The highest BCUT2D eigenvalue weighted by Gasteiger charge is 2.47. The molecule has 2 rings (SSSR count). The molecule has 1 aliphatic heterocycles. The summed E-state index contributed by atoms with van der Waals surface area (Å²) < 4.78 is 11.9. The van der Waals surface area contributed by atoms with Crippen LogP contribution in [-0.4, -0.2) is 48.7 Å². The van der Waals surface area contributed by atoms with Crippen molar-refractivity contribution in [2.45, 2.75) is 50.9 Å². The SMILES string of the molecule is CCOC1(CC(O)(C(C)C)C2CNCCO2)C=CC=CC1. The fraction of sp³-hybridized carbons (Fsp3) is 0.765. The van der Waals surface area contributed by atoms with Crippen molar-refractivity contribution < 1.29 is 14.6 Å². The minimum Gasteiger partial charge on any atom is -0.387 e. The highest BCUT2D eigenvalue weighted by Crippen LogP contribution is 2.38. The van der Waals surface area contributed by atoms with Gasteiger partial charge in [-0.1, -0.05) is 38.2 Å². The van der Waals surface area contributed by atoms with Gasteiger partial charge in [-0.3, -0.25) is 0 Å². The molecule has 4 nitrogen and oxygen atoms in total. The maximum Gasteiger partial charge on any atom is 0.0990 e. The van der Waals surface area contributed by atoms with E-state index in [1.165, 1.54) is 0 Å².